The second-order valence-corrected chi connectivity index (χ2v) is 16.8. The van der Waals surface area contributed by atoms with Gasteiger partial charge in [0.15, 0.2) is 5.78 Å². The Labute approximate surface area is 347 Å². The zero-order chi connectivity index (χ0) is 43.9. The molecule has 14 heteroatoms. The number of ether oxygens (including phenoxy) is 2. The molecule has 1 aliphatic rings. The first kappa shape index (κ1) is 50.3. The molecule has 328 valence electrons. The molecule has 14 nitrogen and oxygen atoms in total. The minimum atomic E-state index is -0.895. The summed E-state index contributed by atoms with van der Waals surface area (Å²) in [7, 11) is 6.55. The van der Waals surface area contributed by atoms with Crippen LogP contribution in [-0.4, -0.2) is 139 Å². The predicted octanol–water partition coefficient (Wildman–Crippen LogP) is 4.19. The summed E-state index contributed by atoms with van der Waals surface area (Å²) in [5, 5.41) is 15.0. The van der Waals surface area contributed by atoms with E-state index in [1.165, 1.54) is 21.1 Å². The van der Waals surface area contributed by atoms with Crippen LogP contribution in [-0.2, 0) is 44.7 Å². The van der Waals surface area contributed by atoms with Crippen LogP contribution in [0.5, 0.6) is 0 Å². The summed E-state index contributed by atoms with van der Waals surface area (Å²) in [6.07, 6.45) is 1.47. The highest BCUT2D eigenvalue weighted by Crippen LogP contribution is 2.30. The summed E-state index contributed by atoms with van der Waals surface area (Å²) >= 11 is 0. The number of ketones is 1. The van der Waals surface area contributed by atoms with Crippen LogP contribution >= 0.6 is 0 Å². The van der Waals surface area contributed by atoms with Crippen molar-refractivity contribution in [3.63, 3.8) is 0 Å². The Hall–Kier alpha value is -3.88. The van der Waals surface area contributed by atoms with Crippen LogP contribution in [0.1, 0.15) is 99.5 Å². The molecule has 0 bridgehead atoms. The van der Waals surface area contributed by atoms with Gasteiger partial charge in [0.05, 0.1) is 48.7 Å². The van der Waals surface area contributed by atoms with Crippen molar-refractivity contribution >= 4 is 35.4 Å². The molecule has 2 rings (SSSR count). The molecule has 4 amide bonds. The van der Waals surface area contributed by atoms with E-state index in [9.17, 15) is 28.8 Å². The van der Waals surface area contributed by atoms with Crippen molar-refractivity contribution < 1.29 is 43.3 Å². The number of hydrogen-bond acceptors (Lipinski definition) is 9. The van der Waals surface area contributed by atoms with Crippen molar-refractivity contribution in [3.8, 4) is 0 Å². The number of nitrogens with zero attached hydrogens (tertiary/aromatic N) is 3. The number of Topliss-reactive ketones (excluding diaryl/α,β-unsaturated/α-hetero) is 1. The molecule has 1 aliphatic heterocycles. The van der Waals surface area contributed by atoms with Gasteiger partial charge in [-0.2, -0.15) is 0 Å². The van der Waals surface area contributed by atoms with Crippen molar-refractivity contribution in [1.82, 2.24) is 25.3 Å². The fraction of sp³-hybridized carbons (Fsp3) is 0.727. The van der Waals surface area contributed by atoms with Crippen LogP contribution in [0.25, 0.3) is 0 Å². The molecule has 58 heavy (non-hydrogen) atoms. The average Bonchev–Trinajstić information content (AvgIpc) is 3.65. The Morgan fingerprint density at radius 3 is 2.07 bits per heavy atom. The van der Waals surface area contributed by atoms with Gasteiger partial charge in [-0.3, -0.25) is 33.7 Å². The molecule has 0 spiro atoms. The molecule has 0 unspecified atom stereocenters. The Kier molecular flexibility index (Phi) is 21.0. The Bertz CT molecular complexity index is 1490. The lowest BCUT2D eigenvalue weighted by Gasteiger charge is -2.41. The zero-order valence-corrected chi connectivity index (χ0v) is 37.2. The van der Waals surface area contributed by atoms with Gasteiger partial charge in [0.2, 0.25) is 23.6 Å². The molecule has 1 saturated heterocycles. The topological polar surface area (TPSA) is 175 Å². The summed E-state index contributed by atoms with van der Waals surface area (Å²) in [6, 6.07) is 6.46. The van der Waals surface area contributed by atoms with E-state index < -0.39 is 54.3 Å². The quantitative estimate of drug-likeness (QED) is 0.130. The minimum absolute atomic E-state index is 0.00528. The van der Waals surface area contributed by atoms with Gasteiger partial charge in [-0.15, -0.1) is 0 Å². The number of carbonyl (C=O) groups excluding carboxylic acids is 5. The molecule has 1 aromatic rings. The number of carboxylic acids is 1. The molecule has 9 atom stereocenters. The van der Waals surface area contributed by atoms with Gasteiger partial charge in [0, 0.05) is 34.2 Å². The highest BCUT2D eigenvalue weighted by atomic mass is 16.5. The van der Waals surface area contributed by atoms with E-state index in [4.69, 9.17) is 14.6 Å². The van der Waals surface area contributed by atoms with E-state index in [1.807, 2.05) is 76.8 Å². The summed E-state index contributed by atoms with van der Waals surface area (Å²) in [5.74, 6) is -3.27. The number of carbonyl (C=O) groups is 6. The smallest absolute Gasteiger partial charge is 0.303 e. The van der Waals surface area contributed by atoms with Crippen molar-refractivity contribution in [2.75, 3.05) is 41.4 Å². The van der Waals surface area contributed by atoms with E-state index in [0.29, 0.717) is 38.8 Å². The van der Waals surface area contributed by atoms with Crippen molar-refractivity contribution in [2.45, 2.75) is 143 Å². The number of carboxylic acid groups (broad SMARTS) is 1. The first-order valence-corrected chi connectivity index (χ1v) is 21.0. The average molecular weight is 816 g/mol. The lowest BCUT2D eigenvalue weighted by atomic mass is 9.89. The lowest BCUT2D eigenvalue weighted by molar-refractivity contribution is -0.148. The predicted molar refractivity (Wildman–Crippen MR) is 224 cm³/mol. The highest BCUT2D eigenvalue weighted by Gasteiger charge is 2.43. The number of likely N-dealkylation sites (N-methyl/N-ethyl adjacent to an activating group) is 2. The lowest BCUT2D eigenvalue weighted by Crippen LogP contribution is -2.60. The number of amides is 4. The normalized spacial score (nSPS) is 18.5. The number of methoxy groups -OCH3 is 2. The molecule has 1 aromatic carbocycles. The molecular weight excluding hydrogens is 743 g/mol. The fourth-order valence-electron chi connectivity index (χ4n) is 8.36. The van der Waals surface area contributed by atoms with Gasteiger partial charge in [-0.1, -0.05) is 85.2 Å². The number of nitrogens with one attached hydrogen (secondary N) is 2. The van der Waals surface area contributed by atoms with Gasteiger partial charge >= 0.3 is 5.97 Å². The first-order valence-electron chi connectivity index (χ1n) is 21.0. The highest BCUT2D eigenvalue weighted by molar-refractivity contribution is 5.90. The SMILES string of the molecule is CC[C@H](C)[C@@H]([C@@H](CC(=O)N1CCC[C@H]1[C@H](OC)[C@@H](C)C(=O)N[C@@H](Cc1ccccc1)C(C)=O)OC)N(C)C(=O)[C@@H](NC(=O)[C@H](C(C)C)N(C)CCCC(=O)O)C(C)C. The molecule has 0 radical (unpaired) electrons. The van der Waals surface area contributed by atoms with Crippen molar-refractivity contribution in [3.05, 3.63) is 35.9 Å². The molecule has 0 aromatic heterocycles. The molecule has 0 aliphatic carbocycles. The van der Waals surface area contributed by atoms with Crippen molar-refractivity contribution in [1.29, 1.82) is 0 Å². The van der Waals surface area contributed by atoms with E-state index in [1.54, 1.807) is 30.8 Å². The maximum Gasteiger partial charge on any atom is 0.303 e. The number of hydrogen-bond donors (Lipinski definition) is 3. The molecule has 1 heterocycles. The maximum absolute atomic E-state index is 14.4. The number of aliphatic carboxylic acids is 1. The van der Waals surface area contributed by atoms with E-state index >= 15 is 0 Å². The van der Waals surface area contributed by atoms with Gasteiger partial charge in [0.25, 0.3) is 0 Å². The van der Waals surface area contributed by atoms with Crippen LogP contribution in [0.15, 0.2) is 30.3 Å². The van der Waals surface area contributed by atoms with Crippen LogP contribution in [0, 0.1) is 23.7 Å². The largest absolute Gasteiger partial charge is 0.481 e. The Morgan fingerprint density at radius 2 is 1.55 bits per heavy atom. The summed E-state index contributed by atoms with van der Waals surface area (Å²) in [5.41, 5.74) is 0.932. The Balaban J connectivity index is 2.27. The summed E-state index contributed by atoms with van der Waals surface area (Å²) < 4.78 is 12.0. The minimum Gasteiger partial charge on any atom is -0.481 e. The second-order valence-electron chi connectivity index (χ2n) is 16.8. The van der Waals surface area contributed by atoms with Crippen LogP contribution < -0.4 is 10.6 Å². The first-order chi connectivity index (χ1) is 27.3. The summed E-state index contributed by atoms with van der Waals surface area (Å²) in [6.45, 7) is 15.7. The van der Waals surface area contributed by atoms with Gasteiger partial charge < -0.3 is 35.0 Å². The number of rotatable bonds is 25. The molecule has 3 N–H and O–H groups in total. The molecule has 1 fully saturated rings. The molecular formula is C44H73N5O9. The monoisotopic (exact) mass is 816 g/mol. The fourth-order valence-corrected chi connectivity index (χ4v) is 8.36. The van der Waals surface area contributed by atoms with Gasteiger partial charge in [0.1, 0.15) is 6.04 Å². The van der Waals surface area contributed by atoms with Crippen LogP contribution in [0.2, 0.25) is 0 Å². The van der Waals surface area contributed by atoms with Crippen LogP contribution in [0.3, 0.4) is 0 Å². The van der Waals surface area contributed by atoms with Gasteiger partial charge in [-0.25, -0.2) is 0 Å². The number of benzene rings is 1. The number of likely N-dealkylation sites (tertiary alicyclic amines) is 1. The van der Waals surface area contributed by atoms with Crippen molar-refractivity contribution in [2.24, 2.45) is 23.7 Å². The van der Waals surface area contributed by atoms with E-state index in [0.717, 1.165) is 12.0 Å². The Morgan fingerprint density at radius 1 is 0.914 bits per heavy atom. The molecule has 0 saturated carbocycles. The summed E-state index contributed by atoms with van der Waals surface area (Å²) in [4.78, 5) is 85.0. The van der Waals surface area contributed by atoms with Crippen LogP contribution in [0.4, 0.5) is 0 Å². The van der Waals surface area contributed by atoms with Gasteiger partial charge in [-0.05, 0) is 69.5 Å². The standard InChI is InChI=1S/C44H73N5O9/c1-13-29(6)40(48(10)44(56)38(27(2)3)46-43(55)39(28(4)5)47(9)23-18-22-37(52)53)35(57-11)26-36(51)49-24-17-21-34(49)41(58-12)30(7)42(54)45-33(31(8)50)25-32-19-15-14-16-20-32/h14-16,19-20,27-30,33-35,38-41H,13,17-18,21-26H2,1-12H3,(H,45,54)(H,46,55)(H,52,53)/t29-,30+,33-,34-,35+,38-,39-,40-,41+/m0/s1. The van der Waals surface area contributed by atoms with E-state index in [2.05, 4.69) is 10.6 Å². The third-order valence-corrected chi connectivity index (χ3v) is 11.9. The third kappa shape index (κ3) is 14.1. The third-order valence-electron chi connectivity index (χ3n) is 11.9. The maximum atomic E-state index is 14.4. The second kappa shape index (κ2) is 24.3. The zero-order valence-electron chi connectivity index (χ0n) is 37.2. The van der Waals surface area contributed by atoms with E-state index in [-0.39, 0.29) is 60.0 Å².